The van der Waals surface area contributed by atoms with Gasteiger partial charge in [0.25, 0.3) is 0 Å². The van der Waals surface area contributed by atoms with E-state index in [2.05, 4.69) is 141 Å². The number of nitrogens with zero attached hydrogens (tertiary/aromatic N) is 3. The van der Waals surface area contributed by atoms with Gasteiger partial charge >= 0.3 is 0 Å². The Morgan fingerprint density at radius 3 is 1.60 bits per heavy atom. The van der Waals surface area contributed by atoms with Crippen LogP contribution in [0.3, 0.4) is 0 Å². The molecule has 4 nitrogen and oxygen atoms in total. The molecule has 0 radical (unpaired) electrons. The van der Waals surface area contributed by atoms with E-state index in [0.29, 0.717) is 17.5 Å². The topological polar surface area (TPSA) is 51.8 Å². The van der Waals surface area contributed by atoms with Gasteiger partial charge in [0.15, 0.2) is 17.5 Å². The second-order valence-corrected chi connectivity index (χ2v) is 14.8. The highest BCUT2D eigenvalue weighted by Gasteiger charge is 2.53. The van der Waals surface area contributed by atoms with Gasteiger partial charge in [0, 0.05) is 32.9 Å². The van der Waals surface area contributed by atoms with Gasteiger partial charge in [-0.3, -0.25) is 0 Å². The maximum absolute atomic E-state index is 6.29. The summed E-state index contributed by atoms with van der Waals surface area (Å²) in [7, 11) is 0. The van der Waals surface area contributed by atoms with E-state index in [-0.39, 0.29) is 5.41 Å². The lowest BCUT2D eigenvalue weighted by Gasteiger charge is -2.46. The van der Waals surface area contributed by atoms with Crippen molar-refractivity contribution in [3.8, 4) is 45.3 Å². The van der Waals surface area contributed by atoms with Crippen LogP contribution in [0.4, 0.5) is 0 Å². The van der Waals surface area contributed by atoms with Crippen LogP contribution in [0.5, 0.6) is 0 Å². The molecule has 53 heavy (non-hydrogen) atoms. The molecule has 1 spiro atoms. The van der Waals surface area contributed by atoms with Gasteiger partial charge in [-0.05, 0) is 68.8 Å². The van der Waals surface area contributed by atoms with Crippen LogP contribution in [0.2, 0.25) is 0 Å². The Hall–Kier alpha value is -6.65. The largest absolute Gasteiger partial charge is 0.456 e. The van der Waals surface area contributed by atoms with E-state index in [1.54, 1.807) is 0 Å². The van der Waals surface area contributed by atoms with Crippen molar-refractivity contribution in [2.45, 2.75) is 24.7 Å². The van der Waals surface area contributed by atoms with Gasteiger partial charge in [0.05, 0.1) is 5.41 Å². The molecule has 0 atom stereocenters. The first kappa shape index (κ1) is 30.0. The van der Waals surface area contributed by atoms with Gasteiger partial charge in [-0.15, -0.1) is 0 Å². The fourth-order valence-electron chi connectivity index (χ4n) is 9.21. The highest BCUT2D eigenvalue weighted by atomic mass is 16.3. The zero-order valence-corrected chi connectivity index (χ0v) is 29.3. The molecule has 4 heteroatoms. The summed E-state index contributed by atoms with van der Waals surface area (Å²) in [5.74, 6) is 1.86. The zero-order chi connectivity index (χ0) is 35.3. The summed E-state index contributed by atoms with van der Waals surface area (Å²) >= 11 is 0. The van der Waals surface area contributed by atoms with Crippen LogP contribution < -0.4 is 0 Å². The van der Waals surface area contributed by atoms with Crippen LogP contribution in [0, 0.1) is 0 Å². The van der Waals surface area contributed by atoms with Crippen molar-refractivity contribution in [2.24, 2.45) is 0 Å². The molecule has 2 aliphatic carbocycles. The summed E-state index contributed by atoms with van der Waals surface area (Å²) in [6.07, 6.45) is 0. The Balaban J connectivity index is 1.17. The van der Waals surface area contributed by atoms with Gasteiger partial charge in [-0.25, -0.2) is 15.0 Å². The third-order valence-electron chi connectivity index (χ3n) is 11.6. The van der Waals surface area contributed by atoms with Crippen molar-refractivity contribution in [3.63, 3.8) is 0 Å². The number of aromatic nitrogens is 3. The summed E-state index contributed by atoms with van der Waals surface area (Å²) in [6.45, 7) is 4.71. The Kier molecular flexibility index (Phi) is 6.19. The van der Waals surface area contributed by atoms with Crippen LogP contribution >= 0.6 is 0 Å². The van der Waals surface area contributed by atoms with Gasteiger partial charge in [0.1, 0.15) is 11.2 Å². The molecule has 0 fully saturated rings. The minimum atomic E-state index is -0.505. The molecule has 0 N–H and O–H groups in total. The summed E-state index contributed by atoms with van der Waals surface area (Å²) < 4.78 is 6.29. The minimum Gasteiger partial charge on any atom is -0.456 e. The number of para-hydroxylation sites is 1. The third-order valence-corrected chi connectivity index (χ3v) is 11.6. The summed E-state index contributed by atoms with van der Waals surface area (Å²) in [5, 5.41) is 2.17. The quantitative estimate of drug-likeness (QED) is 0.186. The van der Waals surface area contributed by atoms with Crippen molar-refractivity contribution < 1.29 is 4.42 Å². The maximum Gasteiger partial charge on any atom is 0.164 e. The molecule has 2 aliphatic rings. The zero-order valence-electron chi connectivity index (χ0n) is 29.3. The molecule has 2 aromatic heterocycles. The third kappa shape index (κ3) is 4.15. The lowest BCUT2D eigenvalue weighted by molar-refractivity contribution is 0.563. The molecule has 7 aromatic carbocycles. The first-order valence-electron chi connectivity index (χ1n) is 18.2. The van der Waals surface area contributed by atoms with Crippen LogP contribution in [-0.4, -0.2) is 15.0 Å². The van der Waals surface area contributed by atoms with Crippen LogP contribution in [0.25, 0.3) is 67.2 Å². The highest BCUT2D eigenvalue weighted by molar-refractivity contribution is 6.05. The monoisotopic (exact) mass is 679 g/mol. The van der Waals surface area contributed by atoms with E-state index in [9.17, 15) is 0 Å². The Morgan fingerprint density at radius 1 is 0.377 bits per heavy atom. The molecular formula is C49H33N3O. The first-order chi connectivity index (χ1) is 26.0. The lowest BCUT2D eigenvalue weighted by atomic mass is 9.55. The molecule has 0 bridgehead atoms. The van der Waals surface area contributed by atoms with E-state index in [0.717, 1.165) is 38.6 Å². The predicted molar refractivity (Wildman–Crippen MR) is 213 cm³/mol. The lowest BCUT2D eigenvalue weighted by Crippen LogP contribution is -2.40. The van der Waals surface area contributed by atoms with Crippen molar-refractivity contribution in [1.82, 2.24) is 15.0 Å². The fourth-order valence-corrected chi connectivity index (χ4v) is 9.21. The molecule has 0 aliphatic heterocycles. The number of rotatable bonds is 3. The summed E-state index contributed by atoms with van der Waals surface area (Å²) in [4.78, 5) is 15.4. The molecule has 11 rings (SSSR count). The average Bonchev–Trinajstić information content (AvgIpc) is 3.73. The predicted octanol–water partition coefficient (Wildman–Crippen LogP) is 11.8. The second kappa shape index (κ2) is 10.9. The van der Waals surface area contributed by atoms with Crippen LogP contribution in [0.15, 0.2) is 168 Å². The maximum atomic E-state index is 6.29. The SMILES string of the molecule is CC1(C)c2ccccc2C2(c3ccccc3-c3ccc(-c4nc(-c5ccccc5)nc(-c5ccc6c(c5)oc5ccccc56)n4)cc32)c2ccccc21. The van der Waals surface area contributed by atoms with Gasteiger partial charge in [-0.2, -0.15) is 0 Å². The van der Waals surface area contributed by atoms with E-state index < -0.39 is 5.41 Å². The number of hydrogen-bond acceptors (Lipinski definition) is 4. The molecule has 9 aromatic rings. The van der Waals surface area contributed by atoms with Gasteiger partial charge in [0.2, 0.25) is 0 Å². The molecule has 2 heterocycles. The van der Waals surface area contributed by atoms with Crippen molar-refractivity contribution >= 4 is 21.9 Å². The summed E-state index contributed by atoms with van der Waals surface area (Å²) in [6, 6.07) is 58.4. The van der Waals surface area contributed by atoms with Gasteiger partial charge in [-0.1, -0.05) is 153 Å². The van der Waals surface area contributed by atoms with E-state index in [4.69, 9.17) is 19.4 Å². The van der Waals surface area contributed by atoms with Gasteiger partial charge < -0.3 is 4.42 Å². The molecule has 0 amide bonds. The minimum absolute atomic E-state index is 0.164. The summed E-state index contributed by atoms with van der Waals surface area (Å²) in [5.41, 5.74) is 14.2. The fraction of sp³-hybridized carbons (Fsp3) is 0.0816. The number of fused-ring (bicyclic) bond motifs is 12. The Morgan fingerprint density at radius 2 is 0.887 bits per heavy atom. The first-order valence-corrected chi connectivity index (χ1v) is 18.2. The average molecular weight is 680 g/mol. The molecule has 0 unspecified atom stereocenters. The van der Waals surface area contributed by atoms with E-state index >= 15 is 0 Å². The molecule has 0 saturated heterocycles. The number of benzene rings is 7. The molecular weight excluding hydrogens is 647 g/mol. The Bertz CT molecular complexity index is 2890. The van der Waals surface area contributed by atoms with Crippen molar-refractivity contribution in [1.29, 1.82) is 0 Å². The van der Waals surface area contributed by atoms with Crippen molar-refractivity contribution in [3.05, 3.63) is 197 Å². The Labute approximate surface area is 307 Å². The number of furan rings is 1. The van der Waals surface area contributed by atoms with Crippen LogP contribution in [0.1, 0.15) is 47.2 Å². The van der Waals surface area contributed by atoms with E-state index in [1.165, 1.54) is 44.5 Å². The van der Waals surface area contributed by atoms with Crippen molar-refractivity contribution in [2.75, 3.05) is 0 Å². The molecule has 250 valence electrons. The second-order valence-electron chi connectivity index (χ2n) is 14.8. The molecule has 0 saturated carbocycles. The smallest absolute Gasteiger partial charge is 0.164 e. The van der Waals surface area contributed by atoms with Crippen LogP contribution in [-0.2, 0) is 10.8 Å². The van der Waals surface area contributed by atoms with E-state index in [1.807, 2.05) is 36.4 Å². The normalized spacial score (nSPS) is 14.5. The standard InChI is InChI=1S/C49H33N3O/c1-48(2)38-19-9-11-21-40(38)49(41-22-12-10-20-39(41)48)37-18-8-6-16-33(37)34-26-24-31(28-42(34)49)46-50-45(30-14-4-3-5-15-30)51-47(52-46)32-25-27-36-35-17-7-13-23-43(35)53-44(36)29-32/h3-29H,1-2H3. The number of hydrogen-bond donors (Lipinski definition) is 0. The highest BCUT2D eigenvalue weighted by Crippen LogP contribution is 2.62.